The van der Waals surface area contributed by atoms with Gasteiger partial charge in [0.05, 0.1) is 18.6 Å². The van der Waals surface area contributed by atoms with E-state index in [1.807, 2.05) is 25.1 Å². The average molecular weight is 474 g/mol. The first-order valence-corrected chi connectivity index (χ1v) is 13.4. The topological polar surface area (TPSA) is 79.0 Å². The molecule has 1 amide bonds. The van der Waals surface area contributed by atoms with Gasteiger partial charge < -0.3 is 10.1 Å². The molecule has 3 rings (SSSR count). The highest BCUT2D eigenvalue weighted by atomic mass is 32.2. The molecule has 0 aliphatic carbocycles. The Morgan fingerprint density at radius 3 is 2.30 bits per heavy atom. The van der Waals surface area contributed by atoms with Crippen LogP contribution in [-0.4, -0.2) is 51.2 Å². The lowest BCUT2D eigenvalue weighted by Crippen LogP contribution is -2.47. The number of ether oxygens (including phenoxy) is 1. The number of hydrogen-bond donors (Lipinski definition) is 1. The SMILES string of the molecule is CCOc1ccc(N([C@@H](C)C(=O)NCc2ccccc2CN2CCCCC2)S(C)(=O)=O)cc1. The monoisotopic (exact) mass is 473 g/mol. The van der Waals surface area contributed by atoms with Crippen molar-refractivity contribution in [3.05, 3.63) is 59.7 Å². The van der Waals surface area contributed by atoms with Gasteiger partial charge in [0.2, 0.25) is 15.9 Å². The van der Waals surface area contributed by atoms with Crippen LogP contribution in [-0.2, 0) is 27.9 Å². The second-order valence-electron chi connectivity index (χ2n) is 8.49. The zero-order valence-electron chi connectivity index (χ0n) is 19.8. The van der Waals surface area contributed by atoms with Gasteiger partial charge in [-0.15, -0.1) is 0 Å². The average Bonchev–Trinajstić information content (AvgIpc) is 2.79. The van der Waals surface area contributed by atoms with Gasteiger partial charge in [0.25, 0.3) is 0 Å². The lowest BCUT2D eigenvalue weighted by molar-refractivity contribution is -0.122. The number of nitrogens with zero attached hydrogens (tertiary/aromatic N) is 2. The Labute approximate surface area is 197 Å². The smallest absolute Gasteiger partial charge is 0.243 e. The van der Waals surface area contributed by atoms with Crippen LogP contribution in [0.2, 0.25) is 0 Å². The molecule has 0 spiro atoms. The number of amides is 1. The standard InChI is InChI=1S/C25H35N3O4S/c1-4-32-24-14-12-23(13-15-24)28(33(3,30)31)20(2)25(29)26-18-21-10-6-7-11-22(21)19-27-16-8-5-9-17-27/h6-7,10-15,20H,4-5,8-9,16-19H2,1-3H3,(H,26,29)/t20-/m0/s1. The Hall–Kier alpha value is -2.58. The molecule has 2 aromatic rings. The number of anilines is 1. The minimum Gasteiger partial charge on any atom is -0.494 e. The molecule has 1 fully saturated rings. The zero-order chi connectivity index (χ0) is 23.8. The van der Waals surface area contributed by atoms with Gasteiger partial charge in [0, 0.05) is 13.1 Å². The quantitative estimate of drug-likeness (QED) is 0.571. The van der Waals surface area contributed by atoms with E-state index in [1.54, 1.807) is 31.2 Å². The van der Waals surface area contributed by atoms with Crippen molar-refractivity contribution in [2.45, 2.75) is 52.2 Å². The summed E-state index contributed by atoms with van der Waals surface area (Å²) in [4.78, 5) is 15.4. The molecule has 0 aromatic heterocycles. The first-order valence-electron chi connectivity index (χ1n) is 11.6. The maximum atomic E-state index is 13.0. The van der Waals surface area contributed by atoms with Gasteiger partial charge in [-0.25, -0.2) is 8.42 Å². The van der Waals surface area contributed by atoms with E-state index in [4.69, 9.17) is 4.74 Å². The van der Waals surface area contributed by atoms with Gasteiger partial charge in [0.1, 0.15) is 11.8 Å². The Balaban J connectivity index is 1.69. The summed E-state index contributed by atoms with van der Waals surface area (Å²) in [6.07, 6.45) is 4.85. The molecule has 2 aromatic carbocycles. The Morgan fingerprint density at radius 2 is 1.70 bits per heavy atom. The molecular weight excluding hydrogens is 438 g/mol. The third-order valence-corrected chi connectivity index (χ3v) is 7.15. The van der Waals surface area contributed by atoms with E-state index in [2.05, 4.69) is 16.3 Å². The molecule has 33 heavy (non-hydrogen) atoms. The van der Waals surface area contributed by atoms with Gasteiger partial charge >= 0.3 is 0 Å². The van der Waals surface area contributed by atoms with Crippen molar-refractivity contribution in [1.29, 1.82) is 0 Å². The first kappa shape index (κ1) is 25.1. The Morgan fingerprint density at radius 1 is 1.06 bits per heavy atom. The van der Waals surface area contributed by atoms with Gasteiger partial charge in [0.15, 0.2) is 0 Å². The summed E-state index contributed by atoms with van der Waals surface area (Å²) in [5.41, 5.74) is 2.67. The van der Waals surface area contributed by atoms with Gasteiger partial charge in [-0.1, -0.05) is 30.7 Å². The number of sulfonamides is 1. The molecule has 7 nitrogen and oxygen atoms in total. The number of benzene rings is 2. The largest absolute Gasteiger partial charge is 0.494 e. The van der Waals surface area contributed by atoms with Gasteiger partial charge in [-0.05, 0) is 75.2 Å². The van der Waals surface area contributed by atoms with Crippen LogP contribution in [0.25, 0.3) is 0 Å². The molecule has 1 aliphatic rings. The fourth-order valence-corrected chi connectivity index (χ4v) is 5.41. The summed E-state index contributed by atoms with van der Waals surface area (Å²) in [5.74, 6) is 0.305. The van der Waals surface area contributed by atoms with E-state index >= 15 is 0 Å². The van der Waals surface area contributed by atoms with Crippen LogP contribution < -0.4 is 14.4 Å². The summed E-state index contributed by atoms with van der Waals surface area (Å²) in [6, 6.07) is 13.9. The second-order valence-corrected chi connectivity index (χ2v) is 10.3. The van der Waals surface area contributed by atoms with E-state index < -0.39 is 16.1 Å². The molecular formula is C25H35N3O4S. The maximum Gasteiger partial charge on any atom is 0.243 e. The minimum atomic E-state index is -3.67. The Kier molecular flexibility index (Phi) is 8.74. The van der Waals surface area contributed by atoms with E-state index in [0.29, 0.717) is 24.6 Å². The fourth-order valence-electron chi connectivity index (χ4n) is 4.24. The van der Waals surface area contributed by atoms with E-state index in [1.165, 1.54) is 24.8 Å². The van der Waals surface area contributed by atoms with Crippen molar-refractivity contribution in [1.82, 2.24) is 10.2 Å². The number of piperidine rings is 1. The lowest BCUT2D eigenvalue weighted by atomic mass is 10.0. The van der Waals surface area contributed by atoms with Crippen LogP contribution >= 0.6 is 0 Å². The molecule has 1 atom stereocenters. The number of carbonyl (C=O) groups is 1. The third kappa shape index (κ3) is 6.95. The normalized spacial score (nSPS) is 15.6. The van der Waals surface area contributed by atoms with Crippen molar-refractivity contribution < 1.29 is 17.9 Å². The van der Waals surface area contributed by atoms with E-state index in [9.17, 15) is 13.2 Å². The van der Waals surface area contributed by atoms with Gasteiger partial charge in [-0.2, -0.15) is 0 Å². The zero-order valence-corrected chi connectivity index (χ0v) is 20.6. The van der Waals surface area contributed by atoms with Crippen molar-refractivity contribution in [3.8, 4) is 5.75 Å². The lowest BCUT2D eigenvalue weighted by Gasteiger charge is -2.29. The molecule has 0 saturated carbocycles. The van der Waals surface area contributed by atoms with Crippen molar-refractivity contribution in [2.75, 3.05) is 30.3 Å². The van der Waals surface area contributed by atoms with E-state index in [0.717, 1.165) is 35.8 Å². The molecule has 0 bridgehead atoms. The predicted molar refractivity (Wildman–Crippen MR) is 132 cm³/mol. The highest BCUT2D eigenvalue weighted by Crippen LogP contribution is 2.24. The number of hydrogen-bond acceptors (Lipinski definition) is 5. The molecule has 1 aliphatic heterocycles. The summed E-state index contributed by atoms with van der Waals surface area (Å²) in [6.45, 7) is 7.43. The molecule has 180 valence electrons. The van der Waals surface area contributed by atoms with Gasteiger partial charge in [-0.3, -0.25) is 14.0 Å². The number of carbonyl (C=O) groups excluding carboxylic acids is 1. The van der Waals surface area contributed by atoms with Crippen molar-refractivity contribution in [3.63, 3.8) is 0 Å². The van der Waals surface area contributed by atoms with Crippen LogP contribution in [0.1, 0.15) is 44.2 Å². The predicted octanol–water partition coefficient (Wildman–Crippen LogP) is 3.54. The second kappa shape index (κ2) is 11.5. The Bertz CT molecular complexity index is 1020. The van der Waals surface area contributed by atoms with Crippen LogP contribution in [0.15, 0.2) is 48.5 Å². The van der Waals surface area contributed by atoms with Crippen LogP contribution in [0.4, 0.5) is 5.69 Å². The fraction of sp³-hybridized carbons (Fsp3) is 0.480. The summed E-state index contributed by atoms with van der Waals surface area (Å²) < 4.78 is 31.7. The summed E-state index contributed by atoms with van der Waals surface area (Å²) in [7, 11) is -3.67. The summed E-state index contributed by atoms with van der Waals surface area (Å²) >= 11 is 0. The highest BCUT2D eigenvalue weighted by Gasteiger charge is 2.29. The molecule has 0 radical (unpaired) electrons. The van der Waals surface area contributed by atoms with Crippen molar-refractivity contribution >= 4 is 21.6 Å². The molecule has 0 unspecified atom stereocenters. The molecule has 1 N–H and O–H groups in total. The number of nitrogens with one attached hydrogen (secondary N) is 1. The van der Waals surface area contributed by atoms with Crippen molar-refractivity contribution in [2.24, 2.45) is 0 Å². The summed E-state index contributed by atoms with van der Waals surface area (Å²) in [5, 5.41) is 2.94. The van der Waals surface area contributed by atoms with Crippen LogP contribution in [0.3, 0.4) is 0 Å². The van der Waals surface area contributed by atoms with E-state index in [-0.39, 0.29) is 5.91 Å². The number of likely N-dealkylation sites (tertiary alicyclic amines) is 1. The van der Waals surface area contributed by atoms with Crippen LogP contribution in [0.5, 0.6) is 5.75 Å². The molecule has 8 heteroatoms. The maximum absolute atomic E-state index is 13.0. The van der Waals surface area contributed by atoms with Crippen LogP contribution in [0, 0.1) is 0 Å². The minimum absolute atomic E-state index is 0.345. The third-order valence-electron chi connectivity index (χ3n) is 5.90. The molecule has 1 saturated heterocycles. The highest BCUT2D eigenvalue weighted by molar-refractivity contribution is 7.92. The molecule has 1 heterocycles. The number of rotatable bonds is 10. The first-order chi connectivity index (χ1) is 15.8.